The lowest BCUT2D eigenvalue weighted by Gasteiger charge is -2.17. The molecule has 2 aliphatic rings. The van der Waals surface area contributed by atoms with E-state index in [1.54, 1.807) is 35.2 Å². The van der Waals surface area contributed by atoms with Crippen LogP contribution in [0.4, 0.5) is 5.82 Å². The van der Waals surface area contributed by atoms with Gasteiger partial charge in [-0.25, -0.2) is 15.0 Å². The summed E-state index contributed by atoms with van der Waals surface area (Å²) < 4.78 is 18.9. The Bertz CT molecular complexity index is 1090. The van der Waals surface area contributed by atoms with Crippen molar-refractivity contribution in [2.45, 2.75) is 24.5 Å². The molecule has 0 aliphatic carbocycles. The Balaban J connectivity index is 1.48. The minimum absolute atomic E-state index is 0.0678. The quantitative estimate of drug-likeness (QED) is 0.496. The molecule has 1 aromatic carbocycles. The minimum Gasteiger partial charge on any atom is -0.447 e. The molecule has 1 N–H and O–H groups in total. The van der Waals surface area contributed by atoms with Gasteiger partial charge in [-0.1, -0.05) is 18.2 Å². The second kappa shape index (κ2) is 7.21. The first-order valence-corrected chi connectivity index (χ1v) is 9.72. The topological polar surface area (TPSA) is 100 Å². The maximum Gasteiger partial charge on any atom is 0.353 e. The number of nitrogens with zero attached hydrogens (tertiary/aromatic N) is 4. The predicted molar refractivity (Wildman–Crippen MR) is 107 cm³/mol. The standard InChI is InChI=1S/C18H14ClN5O4S/c19-6-10-12-13(28-18(29)27-12)17(26-10)24-8-22-11-14(20-7-21-15(11)24)23-16(25)9-4-2-1-3-5-9/h1-5,7-8,10,12-13,17H,6H2,(H,20,21,23,25)/t10-,12-,13-,17-/m1/s1. The number of halogens is 1. The third-order valence-electron chi connectivity index (χ3n) is 4.80. The van der Waals surface area contributed by atoms with Crippen LogP contribution < -0.4 is 5.32 Å². The Kier molecular flexibility index (Phi) is 4.53. The molecule has 0 radical (unpaired) electrons. The van der Waals surface area contributed by atoms with Gasteiger partial charge in [0.1, 0.15) is 12.4 Å². The van der Waals surface area contributed by atoms with E-state index in [9.17, 15) is 4.79 Å². The Morgan fingerprint density at radius 1 is 1.17 bits per heavy atom. The number of thiocarbonyl (C=S) groups is 1. The van der Waals surface area contributed by atoms with Gasteiger partial charge in [0.25, 0.3) is 5.91 Å². The van der Waals surface area contributed by atoms with Gasteiger partial charge >= 0.3 is 5.24 Å². The zero-order valence-corrected chi connectivity index (χ0v) is 16.3. The van der Waals surface area contributed by atoms with E-state index in [0.29, 0.717) is 22.5 Å². The summed E-state index contributed by atoms with van der Waals surface area (Å²) in [6.07, 6.45) is 1.07. The maximum absolute atomic E-state index is 12.5. The van der Waals surface area contributed by atoms with Crippen LogP contribution in [0.5, 0.6) is 0 Å². The van der Waals surface area contributed by atoms with E-state index in [1.807, 2.05) is 6.07 Å². The van der Waals surface area contributed by atoms with Crippen molar-refractivity contribution >= 4 is 51.9 Å². The summed E-state index contributed by atoms with van der Waals surface area (Å²) in [6.45, 7) is 0. The second-order valence-corrected chi connectivity index (χ2v) is 7.14. The first-order chi connectivity index (χ1) is 14.2. The average molecular weight is 432 g/mol. The molecule has 4 atom stereocenters. The number of fused-ring (bicyclic) bond motifs is 2. The zero-order chi connectivity index (χ0) is 20.0. The van der Waals surface area contributed by atoms with Crippen LogP contribution in [0, 0.1) is 0 Å². The lowest BCUT2D eigenvalue weighted by molar-refractivity contribution is -0.0335. The first kappa shape index (κ1) is 18.2. The zero-order valence-electron chi connectivity index (χ0n) is 14.8. The lowest BCUT2D eigenvalue weighted by Crippen LogP contribution is -2.29. The second-order valence-electron chi connectivity index (χ2n) is 6.50. The Morgan fingerprint density at radius 2 is 1.97 bits per heavy atom. The number of anilines is 1. The van der Waals surface area contributed by atoms with E-state index in [-0.39, 0.29) is 23.1 Å². The number of hydrogen-bond acceptors (Lipinski definition) is 8. The number of ether oxygens (including phenoxy) is 3. The van der Waals surface area contributed by atoms with Gasteiger partial charge in [0.2, 0.25) is 0 Å². The molecule has 5 rings (SSSR count). The van der Waals surface area contributed by atoms with Crippen molar-refractivity contribution < 1.29 is 19.0 Å². The van der Waals surface area contributed by atoms with Crippen molar-refractivity contribution in [3.63, 3.8) is 0 Å². The molecule has 2 saturated heterocycles. The van der Waals surface area contributed by atoms with Crippen LogP contribution in [0.3, 0.4) is 0 Å². The van der Waals surface area contributed by atoms with Crippen molar-refractivity contribution in [3.8, 4) is 0 Å². The van der Waals surface area contributed by atoms with Gasteiger partial charge in [-0.2, -0.15) is 0 Å². The highest BCUT2D eigenvalue weighted by molar-refractivity contribution is 7.79. The molecule has 29 heavy (non-hydrogen) atoms. The molecule has 2 aromatic heterocycles. The molecule has 0 unspecified atom stereocenters. The van der Waals surface area contributed by atoms with Crippen LogP contribution in [0.1, 0.15) is 16.6 Å². The fourth-order valence-corrected chi connectivity index (χ4v) is 3.94. The van der Waals surface area contributed by atoms with Gasteiger partial charge in [0.05, 0.1) is 12.2 Å². The highest BCUT2D eigenvalue weighted by Gasteiger charge is 2.53. The fourth-order valence-electron chi connectivity index (χ4n) is 3.47. The molecule has 148 valence electrons. The van der Waals surface area contributed by atoms with Gasteiger partial charge in [-0.3, -0.25) is 9.36 Å². The molecule has 4 heterocycles. The Hall–Kier alpha value is -2.82. The molecular weight excluding hydrogens is 418 g/mol. The number of carbonyl (C=O) groups is 1. The van der Waals surface area contributed by atoms with Crippen molar-refractivity contribution in [1.29, 1.82) is 0 Å². The van der Waals surface area contributed by atoms with E-state index in [4.69, 9.17) is 38.0 Å². The van der Waals surface area contributed by atoms with Gasteiger partial charge in [0.15, 0.2) is 35.4 Å². The fraction of sp³-hybridized carbons (Fsp3) is 0.278. The van der Waals surface area contributed by atoms with E-state index in [0.717, 1.165) is 0 Å². The minimum atomic E-state index is -0.582. The molecule has 1 amide bonds. The number of alkyl halides is 1. The summed E-state index contributed by atoms with van der Waals surface area (Å²) in [5.74, 6) is 0.228. The molecule has 0 saturated carbocycles. The highest BCUT2D eigenvalue weighted by atomic mass is 35.5. The Labute approximate surface area is 175 Å². The molecule has 0 spiro atoms. The normalized spacial score (nSPS) is 25.5. The van der Waals surface area contributed by atoms with Gasteiger partial charge in [-0.05, 0) is 12.1 Å². The summed E-state index contributed by atoms with van der Waals surface area (Å²) in [4.78, 5) is 25.3. The van der Waals surface area contributed by atoms with E-state index < -0.39 is 18.4 Å². The number of aromatic nitrogens is 4. The van der Waals surface area contributed by atoms with E-state index in [1.165, 1.54) is 6.33 Å². The molecule has 9 nitrogen and oxygen atoms in total. The maximum atomic E-state index is 12.5. The molecule has 0 bridgehead atoms. The number of benzene rings is 1. The van der Waals surface area contributed by atoms with Crippen molar-refractivity contribution in [3.05, 3.63) is 48.5 Å². The van der Waals surface area contributed by atoms with Gasteiger partial charge in [-0.15, -0.1) is 11.6 Å². The summed E-state index contributed by atoms with van der Waals surface area (Å²) in [7, 11) is 0. The third-order valence-corrected chi connectivity index (χ3v) is 5.30. The van der Waals surface area contributed by atoms with Crippen molar-refractivity contribution in [2.75, 3.05) is 11.2 Å². The van der Waals surface area contributed by atoms with E-state index >= 15 is 0 Å². The van der Waals surface area contributed by atoms with Crippen LogP contribution in [0.2, 0.25) is 0 Å². The summed E-state index contributed by atoms with van der Waals surface area (Å²) >= 11 is 11.0. The number of imidazole rings is 1. The third kappa shape index (κ3) is 3.09. The molecular formula is C18H14ClN5O4S. The molecule has 11 heteroatoms. The number of amides is 1. The highest BCUT2D eigenvalue weighted by Crippen LogP contribution is 2.39. The first-order valence-electron chi connectivity index (χ1n) is 8.78. The summed E-state index contributed by atoms with van der Waals surface area (Å²) in [6, 6.07) is 8.84. The van der Waals surface area contributed by atoms with Gasteiger partial charge < -0.3 is 19.5 Å². The Morgan fingerprint density at radius 3 is 2.76 bits per heavy atom. The van der Waals surface area contributed by atoms with Crippen molar-refractivity contribution in [2.24, 2.45) is 0 Å². The number of hydrogen-bond donors (Lipinski definition) is 1. The average Bonchev–Trinajstić information content (AvgIpc) is 3.42. The van der Waals surface area contributed by atoms with Crippen LogP contribution in [0.25, 0.3) is 11.2 Å². The number of carbonyl (C=O) groups excluding carboxylic acids is 1. The van der Waals surface area contributed by atoms with Crippen molar-refractivity contribution in [1.82, 2.24) is 19.5 Å². The largest absolute Gasteiger partial charge is 0.447 e. The molecule has 3 aromatic rings. The molecule has 2 fully saturated rings. The molecule has 2 aliphatic heterocycles. The lowest BCUT2D eigenvalue weighted by atomic mass is 10.1. The van der Waals surface area contributed by atoms with Crippen LogP contribution in [-0.2, 0) is 14.2 Å². The number of nitrogens with one attached hydrogen (secondary N) is 1. The SMILES string of the molecule is O=C(Nc1ncnc2c1ncn2[C@@H]1O[C@H](CCl)[C@H]2OC(=S)O[C@H]21)c1ccccc1. The van der Waals surface area contributed by atoms with Crippen LogP contribution in [0.15, 0.2) is 43.0 Å². The number of rotatable bonds is 4. The van der Waals surface area contributed by atoms with E-state index in [2.05, 4.69) is 20.3 Å². The predicted octanol–water partition coefficient (Wildman–Crippen LogP) is 2.28. The van der Waals surface area contributed by atoms with Crippen LogP contribution >= 0.6 is 23.8 Å². The summed E-state index contributed by atoms with van der Waals surface area (Å²) in [5, 5.41) is 2.84. The smallest absolute Gasteiger partial charge is 0.353 e. The monoisotopic (exact) mass is 431 g/mol. The summed E-state index contributed by atoms with van der Waals surface area (Å²) in [5.41, 5.74) is 1.41. The van der Waals surface area contributed by atoms with Crippen LogP contribution in [-0.4, -0.2) is 54.9 Å². The van der Waals surface area contributed by atoms with Gasteiger partial charge in [0, 0.05) is 17.8 Å².